The van der Waals surface area contributed by atoms with E-state index in [9.17, 15) is 9.18 Å². The molecule has 5 nitrogen and oxygen atoms in total. The fraction of sp³-hybridized carbons (Fsp3) is 0.412. The summed E-state index contributed by atoms with van der Waals surface area (Å²) < 4.78 is 15.4. The highest BCUT2D eigenvalue weighted by Gasteiger charge is 2.39. The zero-order chi connectivity index (χ0) is 16.6. The molecule has 1 aromatic heterocycles. The average Bonchev–Trinajstić information content (AvgIpc) is 3.03. The molecule has 1 atom stereocenters. The van der Waals surface area contributed by atoms with Gasteiger partial charge in [0.05, 0.1) is 23.6 Å². The predicted molar refractivity (Wildman–Crippen MR) is 87.1 cm³/mol. The SMILES string of the molecule is Cc1c(NC(=O)C2NCCC2(C)C)cnn1-c1ccccc1F. The smallest absolute Gasteiger partial charge is 0.242 e. The van der Waals surface area contributed by atoms with Gasteiger partial charge in [0.2, 0.25) is 5.91 Å². The van der Waals surface area contributed by atoms with E-state index in [1.165, 1.54) is 10.7 Å². The maximum absolute atomic E-state index is 13.9. The molecule has 1 aliphatic heterocycles. The van der Waals surface area contributed by atoms with Crippen molar-refractivity contribution < 1.29 is 9.18 Å². The molecule has 0 aliphatic carbocycles. The first-order valence-corrected chi connectivity index (χ1v) is 7.74. The number of aromatic nitrogens is 2. The molecule has 0 bridgehead atoms. The van der Waals surface area contributed by atoms with Gasteiger partial charge in [-0.05, 0) is 37.4 Å². The van der Waals surface area contributed by atoms with E-state index in [2.05, 4.69) is 29.6 Å². The van der Waals surface area contributed by atoms with Crippen molar-refractivity contribution in [3.8, 4) is 5.69 Å². The van der Waals surface area contributed by atoms with Gasteiger partial charge in [-0.3, -0.25) is 4.79 Å². The summed E-state index contributed by atoms with van der Waals surface area (Å²) in [5.74, 6) is -0.432. The zero-order valence-electron chi connectivity index (χ0n) is 13.6. The first kappa shape index (κ1) is 15.7. The van der Waals surface area contributed by atoms with Crippen LogP contribution in [0.2, 0.25) is 0 Å². The van der Waals surface area contributed by atoms with Crippen molar-refractivity contribution in [1.29, 1.82) is 0 Å². The monoisotopic (exact) mass is 316 g/mol. The third-order valence-electron chi connectivity index (χ3n) is 4.51. The highest BCUT2D eigenvalue weighted by molar-refractivity contribution is 5.96. The number of halogens is 1. The number of nitrogens with zero attached hydrogens (tertiary/aromatic N) is 2. The van der Waals surface area contributed by atoms with Gasteiger partial charge < -0.3 is 10.6 Å². The van der Waals surface area contributed by atoms with E-state index in [1.54, 1.807) is 24.4 Å². The molecule has 1 amide bonds. The Hall–Kier alpha value is -2.21. The normalized spacial score (nSPS) is 19.7. The number of hydrogen-bond acceptors (Lipinski definition) is 3. The summed E-state index contributed by atoms with van der Waals surface area (Å²) in [6.45, 7) is 6.79. The second-order valence-electron chi connectivity index (χ2n) is 6.62. The number of rotatable bonds is 3. The van der Waals surface area contributed by atoms with Gasteiger partial charge in [0.1, 0.15) is 11.5 Å². The van der Waals surface area contributed by atoms with Crippen LogP contribution in [-0.4, -0.2) is 28.3 Å². The highest BCUT2D eigenvalue weighted by atomic mass is 19.1. The molecule has 23 heavy (non-hydrogen) atoms. The Kier molecular flexibility index (Phi) is 3.93. The molecule has 1 fully saturated rings. The van der Waals surface area contributed by atoms with Crippen molar-refractivity contribution in [2.24, 2.45) is 5.41 Å². The van der Waals surface area contributed by atoms with Crippen molar-refractivity contribution in [2.75, 3.05) is 11.9 Å². The molecule has 122 valence electrons. The van der Waals surface area contributed by atoms with Gasteiger partial charge >= 0.3 is 0 Å². The predicted octanol–water partition coefficient (Wildman–Crippen LogP) is 2.65. The minimum atomic E-state index is -0.352. The lowest BCUT2D eigenvalue weighted by Gasteiger charge is -2.25. The Morgan fingerprint density at radius 3 is 2.83 bits per heavy atom. The van der Waals surface area contributed by atoms with Crippen LogP contribution in [0.5, 0.6) is 0 Å². The van der Waals surface area contributed by atoms with Gasteiger partial charge in [-0.1, -0.05) is 26.0 Å². The van der Waals surface area contributed by atoms with Crippen molar-refractivity contribution >= 4 is 11.6 Å². The third kappa shape index (κ3) is 2.86. The van der Waals surface area contributed by atoms with Crippen LogP contribution in [0.1, 0.15) is 26.0 Å². The summed E-state index contributed by atoms with van der Waals surface area (Å²) in [4.78, 5) is 12.5. The minimum Gasteiger partial charge on any atom is -0.322 e. The van der Waals surface area contributed by atoms with Crippen LogP contribution < -0.4 is 10.6 Å². The second kappa shape index (κ2) is 5.77. The van der Waals surface area contributed by atoms with Gasteiger partial charge in [-0.2, -0.15) is 5.10 Å². The zero-order valence-corrected chi connectivity index (χ0v) is 13.6. The largest absolute Gasteiger partial charge is 0.322 e. The number of anilines is 1. The molecule has 1 saturated heterocycles. The molecule has 2 heterocycles. The Bertz CT molecular complexity index is 738. The molecule has 0 spiro atoms. The molecule has 2 N–H and O–H groups in total. The number of amides is 1. The lowest BCUT2D eigenvalue weighted by atomic mass is 9.84. The first-order chi connectivity index (χ1) is 10.9. The average molecular weight is 316 g/mol. The summed E-state index contributed by atoms with van der Waals surface area (Å²) in [5, 5.41) is 10.3. The van der Waals surface area contributed by atoms with Crippen molar-refractivity contribution in [1.82, 2.24) is 15.1 Å². The molecular formula is C17H21FN4O. The van der Waals surface area contributed by atoms with Crippen LogP contribution in [0.3, 0.4) is 0 Å². The Morgan fingerprint density at radius 1 is 1.43 bits per heavy atom. The van der Waals surface area contributed by atoms with E-state index in [-0.39, 0.29) is 23.2 Å². The summed E-state index contributed by atoms with van der Waals surface area (Å²) in [5.41, 5.74) is 1.58. The summed E-state index contributed by atoms with van der Waals surface area (Å²) >= 11 is 0. The molecule has 0 saturated carbocycles. The van der Waals surface area contributed by atoms with E-state index >= 15 is 0 Å². The Balaban J connectivity index is 1.83. The number of benzene rings is 1. The van der Waals surface area contributed by atoms with Gasteiger partial charge in [-0.25, -0.2) is 9.07 Å². The van der Waals surface area contributed by atoms with E-state index in [4.69, 9.17) is 0 Å². The summed E-state index contributed by atoms with van der Waals surface area (Å²) in [6.07, 6.45) is 2.51. The maximum Gasteiger partial charge on any atom is 0.242 e. The molecule has 2 aromatic rings. The van der Waals surface area contributed by atoms with Crippen molar-refractivity contribution in [3.05, 3.63) is 42.0 Å². The number of carbonyl (C=O) groups excluding carboxylic acids is 1. The second-order valence-corrected chi connectivity index (χ2v) is 6.62. The fourth-order valence-electron chi connectivity index (χ4n) is 3.01. The molecule has 0 radical (unpaired) electrons. The van der Waals surface area contributed by atoms with E-state index < -0.39 is 0 Å². The van der Waals surface area contributed by atoms with Crippen LogP contribution in [0.15, 0.2) is 30.5 Å². The van der Waals surface area contributed by atoms with Gasteiger partial charge in [0, 0.05) is 0 Å². The van der Waals surface area contributed by atoms with Gasteiger partial charge in [0.15, 0.2) is 0 Å². The van der Waals surface area contributed by atoms with Crippen molar-refractivity contribution in [3.63, 3.8) is 0 Å². The highest BCUT2D eigenvalue weighted by Crippen LogP contribution is 2.31. The Labute approximate surface area is 134 Å². The lowest BCUT2D eigenvalue weighted by molar-refractivity contribution is -0.119. The Morgan fingerprint density at radius 2 is 2.17 bits per heavy atom. The van der Waals surface area contributed by atoms with Crippen LogP contribution in [0.4, 0.5) is 10.1 Å². The topological polar surface area (TPSA) is 59.0 Å². The molecule has 3 rings (SSSR count). The first-order valence-electron chi connectivity index (χ1n) is 7.74. The third-order valence-corrected chi connectivity index (χ3v) is 4.51. The van der Waals surface area contributed by atoms with Crippen LogP contribution in [0.25, 0.3) is 5.69 Å². The molecule has 1 aliphatic rings. The number of nitrogens with one attached hydrogen (secondary N) is 2. The summed E-state index contributed by atoms with van der Waals surface area (Å²) in [7, 11) is 0. The van der Waals surface area contributed by atoms with E-state index in [1.807, 2.05) is 6.92 Å². The lowest BCUT2D eigenvalue weighted by Crippen LogP contribution is -2.43. The van der Waals surface area contributed by atoms with E-state index in [0.29, 0.717) is 17.1 Å². The number of carbonyl (C=O) groups is 1. The molecule has 1 aromatic carbocycles. The quantitative estimate of drug-likeness (QED) is 0.915. The van der Waals surface area contributed by atoms with Crippen LogP contribution >= 0.6 is 0 Å². The molecule has 6 heteroatoms. The van der Waals surface area contributed by atoms with Crippen LogP contribution in [0, 0.1) is 18.2 Å². The van der Waals surface area contributed by atoms with Crippen molar-refractivity contribution in [2.45, 2.75) is 33.2 Å². The molecular weight excluding hydrogens is 295 g/mol. The fourth-order valence-corrected chi connectivity index (χ4v) is 3.01. The van der Waals surface area contributed by atoms with Gasteiger partial charge in [0.25, 0.3) is 0 Å². The van der Waals surface area contributed by atoms with Gasteiger partial charge in [-0.15, -0.1) is 0 Å². The standard InChI is InChI=1S/C17H21FN4O/c1-11-13(21-16(23)15-17(2,3)8-9-19-15)10-20-22(11)14-7-5-4-6-12(14)18/h4-7,10,15,19H,8-9H2,1-3H3,(H,21,23). The van der Waals surface area contributed by atoms with Crippen LogP contribution in [-0.2, 0) is 4.79 Å². The molecule has 1 unspecified atom stereocenters. The maximum atomic E-state index is 13.9. The summed E-state index contributed by atoms with van der Waals surface area (Å²) in [6, 6.07) is 6.19. The minimum absolute atomic E-state index is 0.0799. The van der Waals surface area contributed by atoms with E-state index in [0.717, 1.165) is 13.0 Å². The number of para-hydroxylation sites is 1. The number of hydrogen-bond donors (Lipinski definition) is 2.